The van der Waals surface area contributed by atoms with Crippen LogP contribution >= 0.6 is 0 Å². The van der Waals surface area contributed by atoms with Crippen LogP contribution in [-0.4, -0.2) is 72.0 Å². The van der Waals surface area contributed by atoms with Crippen molar-refractivity contribution in [2.24, 2.45) is 0 Å². The Morgan fingerprint density at radius 3 is 2.08 bits per heavy atom. The van der Waals surface area contributed by atoms with Crippen molar-refractivity contribution in [1.29, 1.82) is 0 Å². The third-order valence-corrected chi connectivity index (χ3v) is 6.24. The molecule has 2 saturated heterocycles. The van der Waals surface area contributed by atoms with Crippen molar-refractivity contribution in [2.45, 2.75) is 59.5 Å². The van der Waals surface area contributed by atoms with Gasteiger partial charge in [0.1, 0.15) is 11.5 Å². The van der Waals surface area contributed by atoms with E-state index in [-0.39, 0.29) is 5.91 Å². The summed E-state index contributed by atoms with van der Waals surface area (Å²) in [6.45, 7) is 16.3. The summed E-state index contributed by atoms with van der Waals surface area (Å²) in [4.78, 5) is 20.0. The summed E-state index contributed by atoms with van der Waals surface area (Å²) in [6.07, 6.45) is 2.65. The van der Waals surface area contributed by atoms with Crippen molar-refractivity contribution in [3.8, 4) is 0 Å². The summed E-state index contributed by atoms with van der Waals surface area (Å²) in [6, 6.07) is 1.43. The molecule has 1 aromatic heterocycles. The van der Waals surface area contributed by atoms with Crippen molar-refractivity contribution in [3.05, 3.63) is 22.6 Å². The maximum atomic E-state index is 12.9. The third kappa shape index (κ3) is 3.77. The van der Waals surface area contributed by atoms with Gasteiger partial charge in [-0.2, -0.15) is 0 Å². The Bertz CT molecular complexity index is 607. The van der Waals surface area contributed by atoms with Gasteiger partial charge in [-0.05, 0) is 47.5 Å². The van der Waals surface area contributed by atoms with E-state index in [9.17, 15) is 4.79 Å². The van der Waals surface area contributed by atoms with Crippen LogP contribution in [-0.2, 0) is 0 Å². The summed E-state index contributed by atoms with van der Waals surface area (Å²) < 4.78 is 5.63. The number of amides is 1. The molecule has 2 fully saturated rings. The van der Waals surface area contributed by atoms with Crippen LogP contribution in [0, 0.1) is 20.8 Å². The summed E-state index contributed by atoms with van der Waals surface area (Å²) in [5, 5.41) is 0. The number of likely N-dealkylation sites (tertiary alicyclic amines) is 1. The van der Waals surface area contributed by atoms with Gasteiger partial charge in [-0.15, -0.1) is 0 Å². The van der Waals surface area contributed by atoms with Crippen LogP contribution in [0.4, 0.5) is 0 Å². The molecule has 0 spiro atoms. The number of carbonyl (C=O) groups excluding carboxylic acids is 1. The molecule has 2 aliphatic rings. The van der Waals surface area contributed by atoms with Gasteiger partial charge in [-0.25, -0.2) is 0 Å². The van der Waals surface area contributed by atoms with Gasteiger partial charge in [0, 0.05) is 56.9 Å². The highest BCUT2D eigenvalue weighted by Gasteiger charge is 2.29. The maximum Gasteiger partial charge on any atom is 0.257 e. The summed E-state index contributed by atoms with van der Waals surface area (Å²) in [5.74, 6) is 1.74. The number of rotatable bonds is 4. The number of hydrogen-bond acceptors (Lipinski definition) is 4. The van der Waals surface area contributed by atoms with E-state index in [1.165, 1.54) is 12.8 Å². The lowest BCUT2D eigenvalue weighted by atomic mass is 10.1. The SMILES string of the molecule is Cc1oc(C)c(C(=O)N2CCN(CCN3[C@H](C)CC[C@@H]3C)CC2)c1C. The maximum absolute atomic E-state index is 12.9. The minimum Gasteiger partial charge on any atom is -0.466 e. The van der Waals surface area contributed by atoms with Crippen LogP contribution in [0.1, 0.15) is 54.1 Å². The van der Waals surface area contributed by atoms with E-state index >= 15 is 0 Å². The number of piperazine rings is 1. The first-order valence-corrected chi connectivity index (χ1v) is 9.72. The fraction of sp³-hybridized carbons (Fsp3) is 0.750. The highest BCUT2D eigenvalue weighted by molar-refractivity contribution is 5.97. The Morgan fingerprint density at radius 2 is 1.56 bits per heavy atom. The Balaban J connectivity index is 1.51. The van der Waals surface area contributed by atoms with E-state index in [1.54, 1.807) is 0 Å². The molecule has 2 aliphatic heterocycles. The lowest BCUT2D eigenvalue weighted by molar-refractivity contribution is 0.0612. The topological polar surface area (TPSA) is 39.9 Å². The Labute approximate surface area is 151 Å². The van der Waals surface area contributed by atoms with E-state index in [2.05, 4.69) is 23.6 Å². The molecule has 0 saturated carbocycles. The molecule has 0 aromatic carbocycles. The van der Waals surface area contributed by atoms with E-state index < -0.39 is 0 Å². The Kier molecular flexibility index (Phi) is 5.54. The van der Waals surface area contributed by atoms with Gasteiger partial charge in [0.15, 0.2) is 0 Å². The monoisotopic (exact) mass is 347 g/mol. The molecule has 0 radical (unpaired) electrons. The molecule has 1 aromatic rings. The van der Waals surface area contributed by atoms with Crippen LogP contribution in [0.5, 0.6) is 0 Å². The minimum absolute atomic E-state index is 0.133. The van der Waals surface area contributed by atoms with E-state index in [0.717, 1.165) is 61.9 Å². The van der Waals surface area contributed by atoms with Gasteiger partial charge >= 0.3 is 0 Å². The fourth-order valence-corrected chi connectivity index (χ4v) is 4.39. The molecule has 5 heteroatoms. The average molecular weight is 348 g/mol. The standard InChI is InChI=1S/C20H33N3O2/c1-14-6-7-15(2)23(14)13-10-21-8-11-22(12-9-21)20(24)19-16(3)17(4)25-18(19)5/h14-15H,6-13H2,1-5H3/t14-,15+. The molecule has 1 amide bonds. The van der Waals surface area contributed by atoms with Gasteiger partial charge in [0.25, 0.3) is 5.91 Å². The van der Waals surface area contributed by atoms with Crippen LogP contribution in [0.15, 0.2) is 4.42 Å². The molecule has 2 atom stereocenters. The molecule has 0 aliphatic carbocycles. The zero-order valence-corrected chi connectivity index (χ0v) is 16.5. The van der Waals surface area contributed by atoms with E-state index in [1.807, 2.05) is 25.7 Å². The van der Waals surface area contributed by atoms with Gasteiger partial charge in [-0.3, -0.25) is 14.6 Å². The quantitative estimate of drug-likeness (QED) is 0.840. The minimum atomic E-state index is 0.133. The zero-order valence-electron chi connectivity index (χ0n) is 16.5. The van der Waals surface area contributed by atoms with Crippen molar-refractivity contribution >= 4 is 5.91 Å². The number of carbonyl (C=O) groups is 1. The molecule has 0 unspecified atom stereocenters. The predicted octanol–water partition coefficient (Wildman–Crippen LogP) is 2.84. The van der Waals surface area contributed by atoms with Gasteiger partial charge < -0.3 is 9.32 Å². The third-order valence-electron chi connectivity index (χ3n) is 6.24. The highest BCUT2D eigenvalue weighted by Crippen LogP contribution is 2.24. The van der Waals surface area contributed by atoms with Crippen LogP contribution in [0.3, 0.4) is 0 Å². The smallest absolute Gasteiger partial charge is 0.257 e. The highest BCUT2D eigenvalue weighted by atomic mass is 16.3. The molecular formula is C20H33N3O2. The Hall–Kier alpha value is -1.33. The molecular weight excluding hydrogens is 314 g/mol. The van der Waals surface area contributed by atoms with Crippen molar-refractivity contribution < 1.29 is 9.21 Å². The second kappa shape index (κ2) is 7.50. The molecule has 0 N–H and O–H groups in total. The van der Waals surface area contributed by atoms with E-state index in [0.29, 0.717) is 12.1 Å². The van der Waals surface area contributed by atoms with Crippen molar-refractivity contribution in [2.75, 3.05) is 39.3 Å². The summed E-state index contributed by atoms with van der Waals surface area (Å²) in [5.41, 5.74) is 1.76. The molecule has 5 nitrogen and oxygen atoms in total. The molecule has 3 heterocycles. The second-order valence-electron chi connectivity index (χ2n) is 7.86. The van der Waals surface area contributed by atoms with Crippen LogP contribution in [0.2, 0.25) is 0 Å². The number of nitrogens with zero attached hydrogens (tertiary/aromatic N) is 3. The molecule has 25 heavy (non-hydrogen) atoms. The second-order valence-corrected chi connectivity index (χ2v) is 7.86. The fourth-order valence-electron chi connectivity index (χ4n) is 4.39. The first kappa shape index (κ1) is 18.5. The largest absolute Gasteiger partial charge is 0.466 e. The van der Waals surface area contributed by atoms with Gasteiger partial charge in [0.2, 0.25) is 0 Å². The number of hydrogen-bond donors (Lipinski definition) is 0. The van der Waals surface area contributed by atoms with Crippen LogP contribution < -0.4 is 0 Å². The Morgan fingerprint density at radius 1 is 0.960 bits per heavy atom. The predicted molar refractivity (Wildman–Crippen MR) is 100 cm³/mol. The van der Waals surface area contributed by atoms with Crippen molar-refractivity contribution in [1.82, 2.24) is 14.7 Å². The van der Waals surface area contributed by atoms with E-state index in [4.69, 9.17) is 4.42 Å². The summed E-state index contributed by atoms with van der Waals surface area (Å²) in [7, 11) is 0. The van der Waals surface area contributed by atoms with Gasteiger partial charge in [-0.1, -0.05) is 0 Å². The molecule has 3 rings (SSSR count). The van der Waals surface area contributed by atoms with Gasteiger partial charge in [0.05, 0.1) is 5.56 Å². The lowest BCUT2D eigenvalue weighted by Gasteiger charge is -2.36. The zero-order chi connectivity index (χ0) is 18.1. The lowest BCUT2D eigenvalue weighted by Crippen LogP contribution is -2.51. The molecule has 0 bridgehead atoms. The first-order chi connectivity index (χ1) is 11.9. The average Bonchev–Trinajstić information content (AvgIpc) is 3.04. The van der Waals surface area contributed by atoms with Crippen molar-refractivity contribution in [3.63, 3.8) is 0 Å². The van der Waals surface area contributed by atoms with Crippen LogP contribution in [0.25, 0.3) is 0 Å². The summed E-state index contributed by atoms with van der Waals surface area (Å²) >= 11 is 0. The number of furan rings is 1. The first-order valence-electron chi connectivity index (χ1n) is 9.72. The normalized spacial score (nSPS) is 25.7. The molecule has 140 valence electrons. The number of aryl methyl sites for hydroxylation is 2.